The van der Waals surface area contributed by atoms with Crippen LogP contribution in [0.4, 0.5) is 0 Å². The molecule has 0 bridgehead atoms. The molecule has 2 aromatic rings. The molecule has 5 heteroatoms. The zero-order valence-electron chi connectivity index (χ0n) is 12.7. The van der Waals surface area contributed by atoms with Gasteiger partial charge in [-0.25, -0.2) is 0 Å². The van der Waals surface area contributed by atoms with E-state index in [2.05, 4.69) is 5.16 Å². The summed E-state index contributed by atoms with van der Waals surface area (Å²) < 4.78 is 10.8. The Kier molecular flexibility index (Phi) is 6.01. The number of nitrogens with zero attached hydrogens (tertiary/aromatic N) is 1. The maximum absolute atomic E-state index is 10.4. The maximum Gasteiger partial charge on any atom is 0.303 e. The van der Waals surface area contributed by atoms with E-state index in [1.54, 1.807) is 6.26 Å². The lowest BCUT2D eigenvalue weighted by Gasteiger charge is -2.10. The first-order valence-corrected chi connectivity index (χ1v) is 7.49. The van der Waals surface area contributed by atoms with Gasteiger partial charge in [0, 0.05) is 24.0 Å². The lowest BCUT2D eigenvalue weighted by Crippen LogP contribution is -2.02. The molecule has 0 aliphatic carbocycles. The number of aryl methyl sites for hydroxylation is 1. The van der Waals surface area contributed by atoms with Crippen molar-refractivity contribution in [1.82, 2.24) is 5.16 Å². The molecular weight excluding hydrogens is 282 g/mol. The van der Waals surface area contributed by atoms with E-state index in [9.17, 15) is 4.79 Å². The highest BCUT2D eigenvalue weighted by atomic mass is 16.5. The lowest BCUT2D eigenvalue weighted by atomic mass is 10.1. The lowest BCUT2D eigenvalue weighted by molar-refractivity contribution is -0.137. The third-order valence-electron chi connectivity index (χ3n) is 3.47. The van der Waals surface area contributed by atoms with Crippen molar-refractivity contribution < 1.29 is 19.2 Å². The second-order valence-corrected chi connectivity index (χ2v) is 5.28. The molecule has 22 heavy (non-hydrogen) atoms. The first kappa shape index (κ1) is 16.1. The molecule has 0 fully saturated rings. The molecular formula is C17H21NO4. The van der Waals surface area contributed by atoms with Gasteiger partial charge in [-0.3, -0.25) is 4.79 Å². The van der Waals surface area contributed by atoms with Crippen LogP contribution in [-0.2, 0) is 11.2 Å². The van der Waals surface area contributed by atoms with Crippen molar-refractivity contribution in [3.63, 3.8) is 0 Å². The zero-order chi connectivity index (χ0) is 15.8. The van der Waals surface area contributed by atoms with Crippen LogP contribution in [0.25, 0.3) is 0 Å². The molecule has 1 aromatic heterocycles. The van der Waals surface area contributed by atoms with Gasteiger partial charge in [0.05, 0.1) is 12.3 Å². The highest BCUT2D eigenvalue weighted by Gasteiger charge is 2.09. The molecule has 1 heterocycles. The Morgan fingerprint density at radius 1 is 1.27 bits per heavy atom. The van der Waals surface area contributed by atoms with Crippen molar-refractivity contribution in [2.24, 2.45) is 0 Å². The summed E-state index contributed by atoms with van der Waals surface area (Å²) in [5.41, 5.74) is 3.02. The van der Waals surface area contributed by atoms with E-state index in [0.717, 1.165) is 35.4 Å². The van der Waals surface area contributed by atoms with E-state index in [1.807, 2.05) is 31.2 Å². The maximum atomic E-state index is 10.4. The molecule has 0 saturated heterocycles. The van der Waals surface area contributed by atoms with Crippen LogP contribution in [0.3, 0.4) is 0 Å². The van der Waals surface area contributed by atoms with Crippen molar-refractivity contribution in [2.75, 3.05) is 6.61 Å². The molecule has 0 unspecified atom stereocenters. The smallest absolute Gasteiger partial charge is 0.303 e. The van der Waals surface area contributed by atoms with E-state index in [1.165, 1.54) is 0 Å². The second kappa shape index (κ2) is 8.22. The van der Waals surface area contributed by atoms with Gasteiger partial charge in [0.15, 0.2) is 0 Å². The van der Waals surface area contributed by atoms with Crippen LogP contribution in [0.5, 0.6) is 5.75 Å². The Balaban J connectivity index is 1.84. The van der Waals surface area contributed by atoms with E-state index < -0.39 is 5.97 Å². The van der Waals surface area contributed by atoms with E-state index in [-0.39, 0.29) is 6.42 Å². The summed E-state index contributed by atoms with van der Waals surface area (Å²) in [6, 6.07) is 7.89. The summed E-state index contributed by atoms with van der Waals surface area (Å²) in [4.78, 5) is 10.4. The van der Waals surface area contributed by atoms with Crippen molar-refractivity contribution in [3.8, 4) is 5.75 Å². The minimum absolute atomic E-state index is 0.224. The van der Waals surface area contributed by atoms with Crippen molar-refractivity contribution in [3.05, 3.63) is 47.3 Å². The normalized spacial score (nSPS) is 10.6. The van der Waals surface area contributed by atoms with Crippen molar-refractivity contribution in [1.29, 1.82) is 0 Å². The van der Waals surface area contributed by atoms with Gasteiger partial charge in [-0.1, -0.05) is 23.4 Å². The van der Waals surface area contributed by atoms with Crippen molar-refractivity contribution in [2.45, 2.75) is 39.0 Å². The molecule has 5 nitrogen and oxygen atoms in total. The van der Waals surface area contributed by atoms with Crippen molar-refractivity contribution >= 4 is 5.97 Å². The average molecular weight is 303 g/mol. The summed E-state index contributed by atoms with van der Waals surface area (Å²) in [6.45, 7) is 2.56. The topological polar surface area (TPSA) is 72.6 Å². The van der Waals surface area contributed by atoms with Gasteiger partial charge >= 0.3 is 5.97 Å². The number of aromatic nitrogens is 1. The number of rotatable bonds is 9. The summed E-state index contributed by atoms with van der Waals surface area (Å²) in [5.74, 6) is 0.109. The Morgan fingerprint density at radius 3 is 2.82 bits per heavy atom. The van der Waals surface area contributed by atoms with E-state index in [4.69, 9.17) is 14.4 Å². The van der Waals surface area contributed by atoms with Gasteiger partial charge < -0.3 is 14.4 Å². The minimum Gasteiger partial charge on any atom is -0.493 e. The first-order valence-electron chi connectivity index (χ1n) is 7.49. The number of carbonyl (C=O) groups is 1. The van der Waals surface area contributed by atoms with Crippen LogP contribution in [-0.4, -0.2) is 22.8 Å². The fourth-order valence-corrected chi connectivity index (χ4v) is 2.19. The molecule has 118 valence electrons. The third-order valence-corrected chi connectivity index (χ3v) is 3.47. The van der Waals surface area contributed by atoms with Gasteiger partial charge in [0.1, 0.15) is 12.0 Å². The number of unbranched alkanes of at least 4 members (excludes halogenated alkanes) is 2. The van der Waals surface area contributed by atoms with Crippen LogP contribution in [0.1, 0.15) is 42.5 Å². The molecule has 0 aliphatic heterocycles. The average Bonchev–Trinajstić information content (AvgIpc) is 2.89. The summed E-state index contributed by atoms with van der Waals surface area (Å²) in [6.07, 6.45) is 4.95. The van der Waals surface area contributed by atoms with Gasteiger partial charge in [0.25, 0.3) is 0 Å². The van der Waals surface area contributed by atoms with Gasteiger partial charge in [-0.05, 0) is 32.3 Å². The zero-order valence-corrected chi connectivity index (χ0v) is 12.7. The Bertz CT molecular complexity index is 606. The van der Waals surface area contributed by atoms with Gasteiger partial charge in [-0.15, -0.1) is 0 Å². The molecule has 0 atom stereocenters. The standard InChI is InChI=1S/C17H21NO4/c1-13-12-22-18-15(13)11-14-7-4-5-8-16(14)21-10-6-2-3-9-17(19)20/h4-5,7-8,12H,2-3,6,9-11H2,1H3,(H,19,20). The van der Waals surface area contributed by atoms with Crippen LogP contribution < -0.4 is 4.74 Å². The molecule has 0 radical (unpaired) electrons. The second-order valence-electron chi connectivity index (χ2n) is 5.28. The number of aliphatic carboxylic acids is 1. The third kappa shape index (κ3) is 4.91. The van der Waals surface area contributed by atoms with Crippen LogP contribution in [0.2, 0.25) is 0 Å². The van der Waals surface area contributed by atoms with Crippen LogP contribution >= 0.6 is 0 Å². The predicted octanol–water partition coefficient (Wildman–Crippen LogP) is 3.60. The number of para-hydroxylation sites is 1. The summed E-state index contributed by atoms with van der Waals surface area (Å²) in [7, 11) is 0. The van der Waals surface area contributed by atoms with E-state index >= 15 is 0 Å². The highest BCUT2D eigenvalue weighted by Crippen LogP contribution is 2.22. The largest absolute Gasteiger partial charge is 0.493 e. The number of hydrogen-bond acceptors (Lipinski definition) is 4. The summed E-state index contributed by atoms with van der Waals surface area (Å²) >= 11 is 0. The fraction of sp³-hybridized carbons (Fsp3) is 0.412. The molecule has 1 aromatic carbocycles. The monoisotopic (exact) mass is 303 g/mol. The number of carboxylic acid groups (broad SMARTS) is 1. The van der Waals surface area contributed by atoms with Crippen LogP contribution in [0.15, 0.2) is 35.1 Å². The molecule has 1 N–H and O–H groups in total. The van der Waals surface area contributed by atoms with Gasteiger partial charge in [0.2, 0.25) is 0 Å². The highest BCUT2D eigenvalue weighted by molar-refractivity contribution is 5.66. The Hall–Kier alpha value is -2.30. The minimum atomic E-state index is -0.741. The summed E-state index contributed by atoms with van der Waals surface area (Å²) in [5, 5.41) is 12.6. The number of ether oxygens (including phenoxy) is 1. The molecule has 2 rings (SSSR count). The Labute approximate surface area is 129 Å². The quantitative estimate of drug-likeness (QED) is 0.717. The number of hydrogen-bond donors (Lipinski definition) is 1. The molecule has 0 spiro atoms. The molecule has 0 amide bonds. The molecule has 0 saturated carbocycles. The number of benzene rings is 1. The first-order chi connectivity index (χ1) is 10.7. The van der Waals surface area contributed by atoms with Crippen LogP contribution in [0, 0.1) is 6.92 Å². The SMILES string of the molecule is Cc1conc1Cc1ccccc1OCCCCCC(=O)O. The van der Waals surface area contributed by atoms with E-state index in [0.29, 0.717) is 19.4 Å². The Morgan fingerprint density at radius 2 is 2.09 bits per heavy atom. The molecule has 0 aliphatic rings. The van der Waals surface area contributed by atoms with Gasteiger partial charge in [-0.2, -0.15) is 0 Å². The fourth-order valence-electron chi connectivity index (χ4n) is 2.19. The number of carboxylic acids is 1. The predicted molar refractivity (Wildman–Crippen MR) is 82.1 cm³/mol.